The number of hydrogen-bond donors (Lipinski definition) is 1. The summed E-state index contributed by atoms with van der Waals surface area (Å²) in [6, 6.07) is 0. The highest BCUT2D eigenvalue weighted by Crippen LogP contribution is 1.91. The van der Waals surface area contributed by atoms with Crippen molar-refractivity contribution in [3.63, 3.8) is 0 Å². The molecular formula is C10H22ClN. The highest BCUT2D eigenvalue weighted by Gasteiger charge is 1.84. The fourth-order valence-electron chi connectivity index (χ4n) is 0.878. The third-order valence-corrected chi connectivity index (χ3v) is 1.61. The molecule has 1 N–H and O–H groups in total. The highest BCUT2D eigenvalue weighted by molar-refractivity contribution is 5.85. The van der Waals surface area contributed by atoms with Gasteiger partial charge in [0.2, 0.25) is 0 Å². The van der Waals surface area contributed by atoms with Crippen molar-refractivity contribution < 1.29 is 0 Å². The van der Waals surface area contributed by atoms with E-state index in [4.69, 9.17) is 0 Å². The maximum Gasteiger partial charge on any atom is 0.0137 e. The molecule has 0 aromatic heterocycles. The number of halogens is 1. The highest BCUT2D eigenvalue weighted by atomic mass is 35.5. The van der Waals surface area contributed by atoms with Crippen molar-refractivity contribution in [1.82, 2.24) is 5.32 Å². The molecule has 2 heteroatoms. The minimum absolute atomic E-state index is 0. The average molecular weight is 192 g/mol. The van der Waals surface area contributed by atoms with Gasteiger partial charge in [0.05, 0.1) is 0 Å². The molecule has 0 aromatic rings. The molecule has 0 saturated heterocycles. The quantitative estimate of drug-likeness (QED) is 0.503. The Balaban J connectivity index is 0. The van der Waals surface area contributed by atoms with Crippen LogP contribution in [0.3, 0.4) is 0 Å². The molecule has 0 unspecified atom stereocenters. The van der Waals surface area contributed by atoms with Crippen LogP contribution in [0.1, 0.15) is 40.0 Å². The van der Waals surface area contributed by atoms with E-state index in [-0.39, 0.29) is 12.4 Å². The van der Waals surface area contributed by atoms with Crippen molar-refractivity contribution in [3.05, 3.63) is 11.6 Å². The third kappa shape index (κ3) is 12.6. The molecule has 0 rings (SSSR count). The van der Waals surface area contributed by atoms with Crippen LogP contribution in [0.2, 0.25) is 0 Å². The van der Waals surface area contributed by atoms with Gasteiger partial charge in [0.25, 0.3) is 0 Å². The van der Waals surface area contributed by atoms with Crippen LogP contribution in [0.5, 0.6) is 0 Å². The summed E-state index contributed by atoms with van der Waals surface area (Å²) in [5.41, 5.74) is 1.40. The van der Waals surface area contributed by atoms with Gasteiger partial charge in [-0.05, 0) is 26.8 Å². The summed E-state index contributed by atoms with van der Waals surface area (Å²) < 4.78 is 0. The van der Waals surface area contributed by atoms with Gasteiger partial charge in [0.15, 0.2) is 0 Å². The van der Waals surface area contributed by atoms with E-state index in [1.165, 1.54) is 24.8 Å². The summed E-state index contributed by atoms with van der Waals surface area (Å²) in [7, 11) is 0. The Bertz CT molecular complexity index is 106. The fraction of sp³-hybridized carbons (Fsp3) is 0.800. The molecule has 0 heterocycles. The van der Waals surface area contributed by atoms with Crippen LogP contribution in [0.4, 0.5) is 0 Å². The normalized spacial score (nSPS) is 8.92. The topological polar surface area (TPSA) is 12.0 Å². The van der Waals surface area contributed by atoms with E-state index in [1.807, 2.05) is 0 Å². The van der Waals surface area contributed by atoms with Crippen LogP contribution >= 0.6 is 12.4 Å². The number of allylic oxidation sites excluding steroid dienone is 1. The van der Waals surface area contributed by atoms with Gasteiger partial charge < -0.3 is 5.32 Å². The van der Waals surface area contributed by atoms with Gasteiger partial charge in [-0.15, -0.1) is 12.4 Å². The first-order chi connectivity index (χ1) is 5.27. The lowest BCUT2D eigenvalue weighted by atomic mass is 10.2. The molecular weight excluding hydrogens is 170 g/mol. The molecule has 0 aliphatic heterocycles. The van der Waals surface area contributed by atoms with Crippen LogP contribution in [0, 0.1) is 0 Å². The van der Waals surface area contributed by atoms with Crippen LogP contribution in [-0.4, -0.2) is 13.1 Å². The molecule has 0 aliphatic carbocycles. The summed E-state index contributed by atoms with van der Waals surface area (Å²) in [6.45, 7) is 8.70. The molecule has 0 aromatic carbocycles. The van der Waals surface area contributed by atoms with E-state index >= 15 is 0 Å². The van der Waals surface area contributed by atoms with Crippen molar-refractivity contribution in [2.24, 2.45) is 0 Å². The molecule has 0 radical (unpaired) electrons. The molecule has 0 fully saturated rings. The second kappa shape index (κ2) is 11.0. The Labute approximate surface area is 83.0 Å². The molecule has 1 nitrogen and oxygen atoms in total. The Morgan fingerprint density at radius 1 is 1.25 bits per heavy atom. The molecule has 0 saturated carbocycles. The van der Waals surface area contributed by atoms with E-state index in [9.17, 15) is 0 Å². The number of rotatable bonds is 6. The van der Waals surface area contributed by atoms with Gasteiger partial charge in [0.1, 0.15) is 0 Å². The van der Waals surface area contributed by atoms with Crippen molar-refractivity contribution in [3.8, 4) is 0 Å². The zero-order valence-corrected chi connectivity index (χ0v) is 9.34. The minimum Gasteiger partial charge on any atom is -0.313 e. The summed E-state index contributed by atoms with van der Waals surface area (Å²) in [5, 5.41) is 3.38. The summed E-state index contributed by atoms with van der Waals surface area (Å²) in [5.74, 6) is 0. The monoisotopic (exact) mass is 191 g/mol. The fourth-order valence-corrected chi connectivity index (χ4v) is 0.878. The first kappa shape index (κ1) is 14.5. The first-order valence-electron chi connectivity index (χ1n) is 4.61. The van der Waals surface area contributed by atoms with Gasteiger partial charge in [-0.3, -0.25) is 0 Å². The standard InChI is InChI=1S/C10H21N.ClH/c1-4-5-6-8-11-9-7-10(2)3;/h7,11H,4-6,8-9H2,1-3H3;1H. The zero-order valence-electron chi connectivity index (χ0n) is 8.52. The van der Waals surface area contributed by atoms with E-state index in [1.54, 1.807) is 0 Å². The maximum absolute atomic E-state index is 3.38. The van der Waals surface area contributed by atoms with Gasteiger partial charge in [0, 0.05) is 6.54 Å². The second-order valence-corrected chi connectivity index (χ2v) is 3.19. The minimum atomic E-state index is 0. The predicted molar refractivity (Wildman–Crippen MR) is 59.1 cm³/mol. The largest absolute Gasteiger partial charge is 0.313 e. The van der Waals surface area contributed by atoms with Crippen molar-refractivity contribution in [2.75, 3.05) is 13.1 Å². The SMILES string of the molecule is CCCCCNCC=C(C)C.Cl. The number of hydrogen-bond acceptors (Lipinski definition) is 1. The van der Waals surface area contributed by atoms with Crippen LogP contribution in [0.15, 0.2) is 11.6 Å². The smallest absolute Gasteiger partial charge is 0.0137 e. The van der Waals surface area contributed by atoms with Crippen LogP contribution in [0.25, 0.3) is 0 Å². The summed E-state index contributed by atoms with van der Waals surface area (Å²) >= 11 is 0. The van der Waals surface area contributed by atoms with Crippen LogP contribution < -0.4 is 5.32 Å². The summed E-state index contributed by atoms with van der Waals surface area (Å²) in [6.07, 6.45) is 6.20. The zero-order chi connectivity index (χ0) is 8.53. The molecule has 0 atom stereocenters. The molecule has 0 spiro atoms. The molecule has 0 aliphatic rings. The average Bonchev–Trinajstić information content (AvgIpc) is 1.96. The Morgan fingerprint density at radius 3 is 2.42 bits per heavy atom. The van der Waals surface area contributed by atoms with E-state index in [0.29, 0.717) is 0 Å². The number of nitrogens with one attached hydrogen (secondary N) is 1. The molecule has 12 heavy (non-hydrogen) atoms. The molecule has 0 bridgehead atoms. The lowest BCUT2D eigenvalue weighted by molar-refractivity contribution is 0.646. The van der Waals surface area contributed by atoms with E-state index < -0.39 is 0 Å². The van der Waals surface area contributed by atoms with E-state index in [2.05, 4.69) is 32.2 Å². The Morgan fingerprint density at radius 2 is 1.92 bits per heavy atom. The van der Waals surface area contributed by atoms with Crippen molar-refractivity contribution in [2.45, 2.75) is 40.0 Å². The Kier molecular flexibility index (Phi) is 13.3. The third-order valence-electron chi connectivity index (χ3n) is 1.61. The number of unbranched alkanes of at least 4 members (excludes halogenated alkanes) is 2. The van der Waals surface area contributed by atoms with Gasteiger partial charge in [-0.25, -0.2) is 0 Å². The summed E-state index contributed by atoms with van der Waals surface area (Å²) in [4.78, 5) is 0. The van der Waals surface area contributed by atoms with Crippen molar-refractivity contribution >= 4 is 12.4 Å². The van der Waals surface area contributed by atoms with E-state index in [0.717, 1.165) is 13.1 Å². The second-order valence-electron chi connectivity index (χ2n) is 3.19. The van der Waals surface area contributed by atoms with Gasteiger partial charge in [-0.2, -0.15) is 0 Å². The lowest BCUT2D eigenvalue weighted by Gasteiger charge is -1.99. The first-order valence-corrected chi connectivity index (χ1v) is 4.61. The predicted octanol–water partition coefficient (Wildman–Crippen LogP) is 3.15. The van der Waals surface area contributed by atoms with Crippen LogP contribution in [-0.2, 0) is 0 Å². The van der Waals surface area contributed by atoms with Gasteiger partial charge in [-0.1, -0.05) is 31.4 Å². The lowest BCUT2D eigenvalue weighted by Crippen LogP contribution is -2.14. The maximum atomic E-state index is 3.38. The Hall–Kier alpha value is -0.0100. The van der Waals surface area contributed by atoms with Crippen molar-refractivity contribution in [1.29, 1.82) is 0 Å². The molecule has 0 amide bonds. The molecule has 74 valence electrons. The van der Waals surface area contributed by atoms with Gasteiger partial charge >= 0.3 is 0 Å².